The van der Waals surface area contributed by atoms with Crippen molar-refractivity contribution in [2.75, 3.05) is 19.0 Å². The Hall–Kier alpha value is -1.82. The van der Waals surface area contributed by atoms with Gasteiger partial charge in [0.2, 0.25) is 0 Å². The van der Waals surface area contributed by atoms with Crippen LogP contribution in [0.25, 0.3) is 10.9 Å². The van der Waals surface area contributed by atoms with E-state index in [1.165, 1.54) is 12.1 Å². The van der Waals surface area contributed by atoms with Gasteiger partial charge < -0.3 is 4.90 Å². The maximum absolute atomic E-state index is 12.5. The number of carbonyl (C=O) groups is 1. The molecule has 0 fully saturated rings. The maximum atomic E-state index is 12.5. The second kappa shape index (κ2) is 6.30. The summed E-state index contributed by atoms with van der Waals surface area (Å²) < 4.78 is 37.5. The minimum Gasteiger partial charge on any atom is -0.328 e. The molecule has 0 unspecified atom stereocenters. The first-order chi connectivity index (χ1) is 9.90. The van der Waals surface area contributed by atoms with Crippen LogP contribution in [0.4, 0.5) is 13.2 Å². The zero-order chi connectivity index (χ0) is 15.5. The molecule has 2 rings (SSSR count). The number of benzene rings is 1. The van der Waals surface area contributed by atoms with Crippen LogP contribution in [-0.4, -0.2) is 40.9 Å². The van der Waals surface area contributed by atoms with Crippen LogP contribution in [0.2, 0.25) is 0 Å². The highest BCUT2D eigenvalue weighted by molar-refractivity contribution is 6.18. The largest absolute Gasteiger partial charge is 0.406 e. The van der Waals surface area contributed by atoms with Crippen molar-refractivity contribution in [1.82, 2.24) is 9.88 Å². The smallest absolute Gasteiger partial charge is 0.328 e. The van der Waals surface area contributed by atoms with Gasteiger partial charge in [-0.2, -0.15) is 13.2 Å². The van der Waals surface area contributed by atoms with E-state index < -0.39 is 18.6 Å². The molecule has 0 bridgehead atoms. The molecule has 0 spiro atoms. The van der Waals surface area contributed by atoms with Gasteiger partial charge >= 0.3 is 6.18 Å². The standard InChI is InChI=1S/C14H12ClF3N2O/c15-5-7-20(9-14(16,17)18)13(21)11-3-4-12-10(8-11)2-1-6-19-12/h1-4,6,8H,5,7,9H2. The highest BCUT2D eigenvalue weighted by Gasteiger charge is 2.33. The van der Waals surface area contributed by atoms with Crippen LogP contribution >= 0.6 is 11.6 Å². The van der Waals surface area contributed by atoms with Gasteiger partial charge in [-0.05, 0) is 24.3 Å². The lowest BCUT2D eigenvalue weighted by atomic mass is 10.1. The lowest BCUT2D eigenvalue weighted by Gasteiger charge is -2.23. The number of pyridine rings is 1. The Balaban J connectivity index is 2.29. The zero-order valence-electron chi connectivity index (χ0n) is 10.9. The number of hydrogen-bond acceptors (Lipinski definition) is 2. The highest BCUT2D eigenvalue weighted by atomic mass is 35.5. The van der Waals surface area contributed by atoms with Gasteiger partial charge in [0, 0.05) is 29.6 Å². The second-order valence-electron chi connectivity index (χ2n) is 4.44. The molecule has 3 nitrogen and oxygen atoms in total. The summed E-state index contributed by atoms with van der Waals surface area (Å²) in [6.45, 7) is -1.48. The third kappa shape index (κ3) is 4.07. The first kappa shape index (κ1) is 15.6. The first-order valence-electron chi connectivity index (χ1n) is 6.17. The summed E-state index contributed by atoms with van der Waals surface area (Å²) >= 11 is 5.48. The van der Waals surface area contributed by atoms with Crippen molar-refractivity contribution in [2.24, 2.45) is 0 Å². The molecule has 0 aliphatic heterocycles. The minimum absolute atomic E-state index is 0.0586. The Morgan fingerprint density at radius 3 is 2.71 bits per heavy atom. The van der Waals surface area contributed by atoms with Crippen LogP contribution in [-0.2, 0) is 0 Å². The monoisotopic (exact) mass is 316 g/mol. The third-order valence-corrected chi connectivity index (χ3v) is 3.03. The molecule has 7 heteroatoms. The van der Waals surface area contributed by atoms with Crippen molar-refractivity contribution >= 4 is 28.4 Å². The molecule has 1 heterocycles. The fourth-order valence-electron chi connectivity index (χ4n) is 1.96. The second-order valence-corrected chi connectivity index (χ2v) is 4.82. The van der Waals surface area contributed by atoms with Gasteiger partial charge in [0.15, 0.2) is 0 Å². The molecule has 2 aromatic rings. The Morgan fingerprint density at radius 1 is 1.29 bits per heavy atom. The van der Waals surface area contributed by atoms with Gasteiger partial charge in [-0.1, -0.05) is 6.07 Å². The van der Waals surface area contributed by atoms with E-state index >= 15 is 0 Å². The summed E-state index contributed by atoms with van der Waals surface area (Å²) in [6.07, 6.45) is -2.85. The van der Waals surface area contributed by atoms with E-state index in [-0.39, 0.29) is 18.0 Å². The van der Waals surface area contributed by atoms with Gasteiger partial charge in [-0.15, -0.1) is 11.6 Å². The predicted molar refractivity (Wildman–Crippen MR) is 74.4 cm³/mol. The zero-order valence-corrected chi connectivity index (χ0v) is 11.7. The molecular weight excluding hydrogens is 305 g/mol. The summed E-state index contributed by atoms with van der Waals surface area (Å²) in [5.41, 5.74) is 0.860. The van der Waals surface area contributed by atoms with Crippen LogP contribution in [0.15, 0.2) is 36.5 Å². The number of alkyl halides is 4. The summed E-state index contributed by atoms with van der Waals surface area (Å²) in [5, 5.41) is 0.696. The van der Waals surface area contributed by atoms with Crippen molar-refractivity contribution in [3.05, 3.63) is 42.1 Å². The molecule has 1 aromatic heterocycles. The van der Waals surface area contributed by atoms with Gasteiger partial charge in [0.1, 0.15) is 6.54 Å². The Labute approximate surface area is 124 Å². The number of amides is 1. The van der Waals surface area contributed by atoms with E-state index in [0.29, 0.717) is 15.8 Å². The molecule has 21 heavy (non-hydrogen) atoms. The number of rotatable bonds is 4. The molecule has 0 aliphatic carbocycles. The van der Waals surface area contributed by atoms with Crippen LogP contribution in [0.5, 0.6) is 0 Å². The summed E-state index contributed by atoms with van der Waals surface area (Å²) in [4.78, 5) is 17.0. The Kier molecular flexibility index (Phi) is 4.67. The molecule has 0 saturated heterocycles. The normalized spacial score (nSPS) is 11.6. The molecule has 0 atom stereocenters. The molecule has 0 saturated carbocycles. The summed E-state index contributed by atoms with van der Waals surface area (Å²) in [6, 6.07) is 8.05. The molecule has 0 N–H and O–H groups in total. The number of aromatic nitrogens is 1. The van der Waals surface area contributed by atoms with Gasteiger partial charge in [-0.25, -0.2) is 0 Å². The SMILES string of the molecule is O=C(c1ccc2ncccc2c1)N(CCCl)CC(F)(F)F. The number of nitrogens with zero attached hydrogens (tertiary/aromatic N) is 2. The van der Waals surface area contributed by atoms with Gasteiger partial charge in [-0.3, -0.25) is 9.78 Å². The average Bonchev–Trinajstić information content (AvgIpc) is 2.44. The van der Waals surface area contributed by atoms with E-state index in [0.717, 1.165) is 0 Å². The van der Waals surface area contributed by atoms with Crippen molar-refractivity contribution in [3.8, 4) is 0 Å². The van der Waals surface area contributed by atoms with Crippen molar-refractivity contribution in [1.29, 1.82) is 0 Å². The third-order valence-electron chi connectivity index (χ3n) is 2.86. The van der Waals surface area contributed by atoms with Crippen LogP contribution in [0, 0.1) is 0 Å². The topological polar surface area (TPSA) is 33.2 Å². The van der Waals surface area contributed by atoms with E-state index in [2.05, 4.69) is 4.98 Å². The van der Waals surface area contributed by atoms with Gasteiger partial charge in [0.05, 0.1) is 5.52 Å². The quantitative estimate of drug-likeness (QED) is 0.809. The fraction of sp³-hybridized carbons (Fsp3) is 0.286. The van der Waals surface area contributed by atoms with Crippen molar-refractivity contribution in [2.45, 2.75) is 6.18 Å². The molecule has 1 aromatic carbocycles. The summed E-state index contributed by atoms with van der Waals surface area (Å²) in [7, 11) is 0. The molecule has 0 radical (unpaired) electrons. The number of carbonyl (C=O) groups excluding carboxylic acids is 1. The lowest BCUT2D eigenvalue weighted by molar-refractivity contribution is -0.140. The number of halogens is 4. The summed E-state index contributed by atoms with van der Waals surface area (Å²) in [5.74, 6) is -0.754. The first-order valence-corrected chi connectivity index (χ1v) is 6.71. The Morgan fingerprint density at radius 2 is 2.05 bits per heavy atom. The van der Waals surface area contributed by atoms with Gasteiger partial charge in [0.25, 0.3) is 5.91 Å². The molecule has 0 aliphatic rings. The highest BCUT2D eigenvalue weighted by Crippen LogP contribution is 2.20. The van der Waals surface area contributed by atoms with E-state index in [4.69, 9.17) is 11.6 Å². The van der Waals surface area contributed by atoms with Crippen molar-refractivity contribution in [3.63, 3.8) is 0 Å². The molecular formula is C14H12ClF3N2O. The molecule has 1 amide bonds. The minimum atomic E-state index is -4.46. The fourth-order valence-corrected chi connectivity index (χ4v) is 2.17. The number of fused-ring (bicyclic) bond motifs is 1. The van der Waals surface area contributed by atoms with Crippen LogP contribution < -0.4 is 0 Å². The van der Waals surface area contributed by atoms with Crippen LogP contribution in [0.1, 0.15) is 10.4 Å². The molecule has 112 valence electrons. The maximum Gasteiger partial charge on any atom is 0.406 e. The predicted octanol–water partition coefficient (Wildman–Crippen LogP) is 3.48. The lowest BCUT2D eigenvalue weighted by Crippen LogP contribution is -2.40. The average molecular weight is 317 g/mol. The number of hydrogen-bond donors (Lipinski definition) is 0. The Bertz CT molecular complexity index is 645. The van der Waals surface area contributed by atoms with E-state index in [9.17, 15) is 18.0 Å². The van der Waals surface area contributed by atoms with E-state index in [1.54, 1.807) is 24.4 Å². The van der Waals surface area contributed by atoms with E-state index in [1.807, 2.05) is 0 Å². The van der Waals surface area contributed by atoms with Crippen molar-refractivity contribution < 1.29 is 18.0 Å². The van der Waals surface area contributed by atoms with Crippen LogP contribution in [0.3, 0.4) is 0 Å².